The second-order valence-electron chi connectivity index (χ2n) is 2.37. The molecule has 4 nitrogen and oxygen atoms in total. The van der Waals surface area contributed by atoms with Crippen molar-refractivity contribution in [3.63, 3.8) is 0 Å². The van der Waals surface area contributed by atoms with Crippen LogP contribution in [-0.4, -0.2) is 4.92 Å². The van der Waals surface area contributed by atoms with E-state index in [1.807, 2.05) is 19.9 Å². The fourth-order valence-electron chi connectivity index (χ4n) is 0.887. The van der Waals surface area contributed by atoms with E-state index in [4.69, 9.17) is 5.26 Å². The summed E-state index contributed by atoms with van der Waals surface area (Å²) in [5.74, 6) is 0. The fourth-order valence-corrected chi connectivity index (χ4v) is 0.887. The van der Waals surface area contributed by atoms with Gasteiger partial charge >= 0.3 is 0 Å². The van der Waals surface area contributed by atoms with E-state index in [2.05, 4.69) is 0 Å². The third-order valence-electron chi connectivity index (χ3n) is 1.54. The van der Waals surface area contributed by atoms with Gasteiger partial charge in [-0.2, -0.15) is 5.26 Å². The molecule has 1 rings (SSSR count). The van der Waals surface area contributed by atoms with Gasteiger partial charge in [0.15, 0.2) is 0 Å². The third-order valence-corrected chi connectivity index (χ3v) is 1.54. The predicted molar refractivity (Wildman–Crippen MR) is 53.9 cm³/mol. The molecular weight excluding hydrogens is 180 g/mol. The van der Waals surface area contributed by atoms with Crippen LogP contribution in [0.5, 0.6) is 0 Å². The van der Waals surface area contributed by atoms with Gasteiger partial charge in [-0.3, -0.25) is 10.1 Å². The van der Waals surface area contributed by atoms with Crippen molar-refractivity contribution in [2.45, 2.75) is 20.8 Å². The molecule has 14 heavy (non-hydrogen) atoms. The summed E-state index contributed by atoms with van der Waals surface area (Å²) in [4.78, 5) is 9.80. The molecule has 0 aliphatic heterocycles. The van der Waals surface area contributed by atoms with Gasteiger partial charge < -0.3 is 0 Å². The highest BCUT2D eigenvalue weighted by atomic mass is 16.6. The number of nitriles is 1. The lowest BCUT2D eigenvalue weighted by Crippen LogP contribution is -1.89. The van der Waals surface area contributed by atoms with Crippen molar-refractivity contribution in [3.8, 4) is 6.07 Å². The summed E-state index contributed by atoms with van der Waals surface area (Å²) in [6, 6.07) is 6.10. The largest absolute Gasteiger partial charge is 0.269 e. The number of hydrogen-bond acceptors (Lipinski definition) is 3. The SMILES string of the molecule is CC.Cc1cc([N+](=O)[O-])ccc1C#N. The van der Waals surface area contributed by atoms with E-state index in [0.717, 1.165) is 0 Å². The lowest BCUT2D eigenvalue weighted by Gasteiger charge is -1.95. The Morgan fingerprint density at radius 3 is 2.36 bits per heavy atom. The van der Waals surface area contributed by atoms with Gasteiger partial charge in [-0.25, -0.2) is 0 Å². The van der Waals surface area contributed by atoms with Crippen LogP contribution in [0.3, 0.4) is 0 Å². The molecule has 1 aromatic carbocycles. The molecule has 0 aliphatic carbocycles. The smallest absolute Gasteiger partial charge is 0.258 e. The Balaban J connectivity index is 0.000000791. The van der Waals surface area contributed by atoms with Gasteiger partial charge in [0.25, 0.3) is 5.69 Å². The normalized spacial score (nSPS) is 8.14. The Kier molecular flexibility index (Phi) is 4.93. The van der Waals surface area contributed by atoms with Crippen LogP contribution in [-0.2, 0) is 0 Å². The topological polar surface area (TPSA) is 66.9 Å². The first-order chi connectivity index (χ1) is 6.65. The zero-order valence-electron chi connectivity index (χ0n) is 8.44. The van der Waals surface area contributed by atoms with E-state index in [-0.39, 0.29) is 5.69 Å². The monoisotopic (exact) mass is 192 g/mol. The van der Waals surface area contributed by atoms with Crippen LogP contribution in [0, 0.1) is 28.4 Å². The lowest BCUT2D eigenvalue weighted by atomic mass is 10.1. The number of nitrogens with zero attached hydrogens (tertiary/aromatic N) is 2. The first-order valence-corrected chi connectivity index (χ1v) is 4.30. The van der Waals surface area contributed by atoms with Crippen molar-refractivity contribution >= 4 is 5.69 Å². The minimum absolute atomic E-state index is 0.0199. The Morgan fingerprint density at radius 1 is 1.43 bits per heavy atom. The molecule has 0 saturated heterocycles. The van der Waals surface area contributed by atoms with Crippen molar-refractivity contribution in [2.75, 3.05) is 0 Å². The molecule has 0 unspecified atom stereocenters. The average molecular weight is 192 g/mol. The summed E-state index contributed by atoms with van der Waals surface area (Å²) in [6.07, 6.45) is 0. The Labute approximate surface area is 82.9 Å². The molecule has 0 aliphatic rings. The van der Waals surface area contributed by atoms with Gasteiger partial charge in [0.05, 0.1) is 16.6 Å². The minimum Gasteiger partial charge on any atom is -0.258 e. The standard InChI is InChI=1S/C8H6N2O2.C2H6/c1-6-4-8(10(11)12)3-2-7(6)5-9;1-2/h2-4H,1H3;1-2H3. The molecule has 0 fully saturated rings. The van der Waals surface area contributed by atoms with E-state index in [9.17, 15) is 10.1 Å². The summed E-state index contributed by atoms with van der Waals surface area (Å²) >= 11 is 0. The van der Waals surface area contributed by atoms with E-state index in [1.165, 1.54) is 18.2 Å². The highest BCUT2D eigenvalue weighted by molar-refractivity contribution is 5.44. The van der Waals surface area contributed by atoms with E-state index in [1.54, 1.807) is 6.92 Å². The van der Waals surface area contributed by atoms with Crippen LogP contribution in [0.2, 0.25) is 0 Å². The average Bonchev–Trinajstić information content (AvgIpc) is 2.20. The molecule has 0 spiro atoms. The molecular formula is C10H12N2O2. The van der Waals surface area contributed by atoms with E-state index in [0.29, 0.717) is 11.1 Å². The maximum absolute atomic E-state index is 10.3. The maximum Gasteiger partial charge on any atom is 0.269 e. The first-order valence-electron chi connectivity index (χ1n) is 4.30. The van der Waals surface area contributed by atoms with Crippen molar-refractivity contribution in [1.29, 1.82) is 5.26 Å². The van der Waals surface area contributed by atoms with Gasteiger partial charge in [0.1, 0.15) is 0 Å². The molecule has 0 N–H and O–H groups in total. The quantitative estimate of drug-likeness (QED) is 0.507. The van der Waals surface area contributed by atoms with E-state index >= 15 is 0 Å². The first kappa shape index (κ1) is 12.1. The Bertz CT molecular complexity index is 367. The van der Waals surface area contributed by atoms with Crippen LogP contribution in [0.15, 0.2) is 18.2 Å². The number of nitro benzene ring substituents is 1. The molecule has 0 amide bonds. The van der Waals surface area contributed by atoms with Crippen LogP contribution < -0.4 is 0 Å². The molecule has 0 atom stereocenters. The summed E-state index contributed by atoms with van der Waals surface area (Å²) in [6.45, 7) is 5.67. The molecule has 0 bridgehead atoms. The predicted octanol–water partition coefficient (Wildman–Crippen LogP) is 2.80. The number of nitro groups is 1. The van der Waals surface area contributed by atoms with E-state index < -0.39 is 4.92 Å². The zero-order valence-corrected chi connectivity index (χ0v) is 8.44. The highest BCUT2D eigenvalue weighted by Crippen LogP contribution is 2.15. The van der Waals surface area contributed by atoms with Crippen molar-refractivity contribution < 1.29 is 4.92 Å². The second-order valence-corrected chi connectivity index (χ2v) is 2.37. The van der Waals surface area contributed by atoms with Crippen LogP contribution in [0.1, 0.15) is 25.0 Å². The van der Waals surface area contributed by atoms with Gasteiger partial charge in [0, 0.05) is 12.1 Å². The number of rotatable bonds is 1. The molecule has 1 aromatic rings. The van der Waals surface area contributed by atoms with Crippen LogP contribution in [0.4, 0.5) is 5.69 Å². The summed E-state index contributed by atoms with van der Waals surface area (Å²) in [7, 11) is 0. The van der Waals surface area contributed by atoms with Gasteiger partial charge in [-0.05, 0) is 18.6 Å². The molecule has 0 heterocycles. The van der Waals surface area contributed by atoms with Gasteiger partial charge in [-0.15, -0.1) is 0 Å². The fraction of sp³-hybridized carbons (Fsp3) is 0.300. The van der Waals surface area contributed by atoms with Crippen LogP contribution in [0.25, 0.3) is 0 Å². The third kappa shape index (κ3) is 2.87. The van der Waals surface area contributed by atoms with Crippen molar-refractivity contribution in [3.05, 3.63) is 39.4 Å². The summed E-state index contributed by atoms with van der Waals surface area (Å²) in [5.41, 5.74) is 1.12. The number of benzene rings is 1. The molecule has 0 saturated carbocycles. The van der Waals surface area contributed by atoms with Crippen molar-refractivity contribution in [1.82, 2.24) is 0 Å². The summed E-state index contributed by atoms with van der Waals surface area (Å²) in [5, 5.41) is 18.8. The second kappa shape index (κ2) is 5.70. The number of aryl methyl sites for hydroxylation is 1. The lowest BCUT2D eigenvalue weighted by molar-refractivity contribution is -0.384. The Morgan fingerprint density at radius 2 is 2.00 bits per heavy atom. The number of hydrogen-bond donors (Lipinski definition) is 0. The van der Waals surface area contributed by atoms with Crippen molar-refractivity contribution in [2.24, 2.45) is 0 Å². The molecule has 0 radical (unpaired) electrons. The Hall–Kier alpha value is -1.89. The maximum atomic E-state index is 10.3. The van der Waals surface area contributed by atoms with Crippen LogP contribution >= 0.6 is 0 Å². The zero-order chi connectivity index (χ0) is 11.1. The minimum atomic E-state index is -0.478. The summed E-state index contributed by atoms with van der Waals surface area (Å²) < 4.78 is 0. The highest BCUT2D eigenvalue weighted by Gasteiger charge is 2.06. The van der Waals surface area contributed by atoms with Gasteiger partial charge in [-0.1, -0.05) is 13.8 Å². The molecule has 4 heteroatoms. The number of non-ortho nitro benzene ring substituents is 1. The van der Waals surface area contributed by atoms with Gasteiger partial charge in [0.2, 0.25) is 0 Å². The molecule has 0 aromatic heterocycles. The molecule has 74 valence electrons.